The smallest absolute Gasteiger partial charge is 0.306 e. The Balaban J connectivity index is 3.84. The second-order valence-corrected chi connectivity index (χ2v) is 20.7. The van der Waals surface area contributed by atoms with Crippen molar-refractivity contribution in [3.8, 4) is 0 Å². The molecular formula is C51H102NO8P. The van der Waals surface area contributed by atoms with E-state index in [1.165, 1.54) is 193 Å². The number of unbranched alkanes of at least 4 members (excludes halogenated alkanes) is 35. The van der Waals surface area contributed by atoms with Gasteiger partial charge in [-0.3, -0.25) is 14.2 Å². The average Bonchev–Trinajstić information content (AvgIpc) is 3.21. The molecule has 0 saturated carbocycles. The number of hydrogen-bond donors (Lipinski definition) is 0. The highest BCUT2D eigenvalue weighted by molar-refractivity contribution is 7.45. The minimum Gasteiger partial charge on any atom is -0.756 e. The van der Waals surface area contributed by atoms with Gasteiger partial charge in [0.1, 0.15) is 19.8 Å². The normalized spacial score (nSPS) is 13.3. The summed E-state index contributed by atoms with van der Waals surface area (Å²) in [6.07, 6.45) is 47.8. The number of quaternary nitrogens is 1. The molecular weight excluding hydrogens is 786 g/mol. The van der Waals surface area contributed by atoms with Crippen LogP contribution in [0.25, 0.3) is 0 Å². The lowest BCUT2D eigenvalue weighted by Crippen LogP contribution is -2.37. The first kappa shape index (κ1) is 60.0. The number of carbonyl (C=O) groups excluding carboxylic acids is 2. The topological polar surface area (TPSA) is 111 Å². The SMILES string of the molecule is CCCCCCCCCCCCCCCCCCCCCCCCCCCCCCCCCC(=O)OC(COC(=O)CCCCCCCC)COP(=O)([O-])OCC[N+](C)(C)C. The molecule has 0 saturated heterocycles. The van der Waals surface area contributed by atoms with E-state index in [1.807, 2.05) is 21.1 Å². The summed E-state index contributed by atoms with van der Waals surface area (Å²) < 4.78 is 33.8. The van der Waals surface area contributed by atoms with E-state index >= 15 is 0 Å². The zero-order valence-corrected chi connectivity index (χ0v) is 42.0. The van der Waals surface area contributed by atoms with Crippen molar-refractivity contribution in [1.82, 2.24) is 0 Å². The number of rotatable bonds is 49. The van der Waals surface area contributed by atoms with Gasteiger partial charge in [0.25, 0.3) is 7.82 Å². The quantitative estimate of drug-likeness (QED) is 0.0257. The Morgan fingerprint density at radius 1 is 0.443 bits per heavy atom. The molecule has 61 heavy (non-hydrogen) atoms. The number of phosphoric ester groups is 1. The summed E-state index contributed by atoms with van der Waals surface area (Å²) in [5.74, 6) is -0.829. The van der Waals surface area contributed by atoms with Gasteiger partial charge in [-0.15, -0.1) is 0 Å². The lowest BCUT2D eigenvalue weighted by atomic mass is 10.0. The van der Waals surface area contributed by atoms with Crippen LogP contribution in [0.4, 0.5) is 0 Å². The van der Waals surface area contributed by atoms with Crippen molar-refractivity contribution in [2.75, 3.05) is 47.5 Å². The van der Waals surface area contributed by atoms with Gasteiger partial charge in [-0.25, -0.2) is 0 Å². The van der Waals surface area contributed by atoms with Crippen LogP contribution in [0.5, 0.6) is 0 Å². The highest BCUT2D eigenvalue weighted by Crippen LogP contribution is 2.38. The third-order valence-corrected chi connectivity index (χ3v) is 12.8. The third kappa shape index (κ3) is 48.3. The third-order valence-electron chi connectivity index (χ3n) is 11.9. The molecule has 0 aliphatic rings. The Bertz CT molecular complexity index is 1010. The Kier molecular flexibility index (Phi) is 43.5. The molecule has 2 atom stereocenters. The molecule has 0 aromatic carbocycles. The van der Waals surface area contributed by atoms with Crippen LogP contribution in [0.3, 0.4) is 0 Å². The van der Waals surface area contributed by atoms with Crippen molar-refractivity contribution in [2.45, 2.75) is 270 Å². The van der Waals surface area contributed by atoms with E-state index in [-0.39, 0.29) is 32.0 Å². The predicted octanol–water partition coefficient (Wildman–Crippen LogP) is 14.9. The fourth-order valence-corrected chi connectivity index (χ4v) is 8.50. The summed E-state index contributed by atoms with van der Waals surface area (Å²) in [4.78, 5) is 37.3. The number of ether oxygens (including phenoxy) is 2. The van der Waals surface area contributed by atoms with Crippen molar-refractivity contribution in [2.24, 2.45) is 0 Å². The first-order valence-electron chi connectivity index (χ1n) is 26.2. The van der Waals surface area contributed by atoms with Crippen molar-refractivity contribution in [3.05, 3.63) is 0 Å². The minimum atomic E-state index is -4.61. The maximum atomic E-state index is 12.7. The fourth-order valence-electron chi connectivity index (χ4n) is 7.78. The molecule has 0 radical (unpaired) electrons. The Morgan fingerprint density at radius 3 is 1.05 bits per heavy atom. The van der Waals surface area contributed by atoms with Crippen LogP contribution in [-0.2, 0) is 32.7 Å². The number of phosphoric acid groups is 1. The van der Waals surface area contributed by atoms with Gasteiger partial charge in [0, 0.05) is 12.8 Å². The Hall–Kier alpha value is -0.990. The molecule has 2 unspecified atom stereocenters. The molecule has 0 fully saturated rings. The molecule has 9 nitrogen and oxygen atoms in total. The van der Waals surface area contributed by atoms with Gasteiger partial charge in [0.2, 0.25) is 0 Å². The van der Waals surface area contributed by atoms with Gasteiger partial charge < -0.3 is 27.9 Å². The number of carbonyl (C=O) groups is 2. The molecule has 0 spiro atoms. The molecule has 0 heterocycles. The summed E-state index contributed by atoms with van der Waals surface area (Å²) in [7, 11) is 1.18. The van der Waals surface area contributed by atoms with Crippen LogP contribution >= 0.6 is 7.82 Å². The zero-order valence-electron chi connectivity index (χ0n) is 41.1. The molecule has 0 aromatic heterocycles. The highest BCUT2D eigenvalue weighted by atomic mass is 31.2. The van der Waals surface area contributed by atoms with Gasteiger partial charge in [-0.1, -0.05) is 239 Å². The lowest BCUT2D eigenvalue weighted by Gasteiger charge is -2.28. The molecule has 0 rings (SSSR count). The number of likely N-dealkylation sites (N-methyl/N-ethyl adjacent to an activating group) is 1. The van der Waals surface area contributed by atoms with E-state index < -0.39 is 26.5 Å². The average molecular weight is 888 g/mol. The second-order valence-electron chi connectivity index (χ2n) is 19.3. The minimum absolute atomic E-state index is 0.0261. The number of esters is 2. The van der Waals surface area contributed by atoms with Crippen LogP contribution in [0.15, 0.2) is 0 Å². The molecule has 0 aliphatic carbocycles. The van der Waals surface area contributed by atoms with Crippen LogP contribution in [0, 0.1) is 0 Å². The molecule has 0 amide bonds. The number of hydrogen-bond acceptors (Lipinski definition) is 8. The van der Waals surface area contributed by atoms with Crippen molar-refractivity contribution >= 4 is 19.8 Å². The molecule has 0 N–H and O–H groups in total. The van der Waals surface area contributed by atoms with Gasteiger partial charge in [-0.2, -0.15) is 0 Å². The lowest BCUT2D eigenvalue weighted by molar-refractivity contribution is -0.870. The monoisotopic (exact) mass is 888 g/mol. The van der Waals surface area contributed by atoms with Gasteiger partial charge in [0.15, 0.2) is 6.10 Å². The van der Waals surface area contributed by atoms with Crippen LogP contribution in [-0.4, -0.2) is 70.0 Å². The van der Waals surface area contributed by atoms with Gasteiger partial charge >= 0.3 is 11.9 Å². The van der Waals surface area contributed by atoms with E-state index in [1.54, 1.807) is 0 Å². The van der Waals surface area contributed by atoms with Crippen LogP contribution in [0.1, 0.15) is 264 Å². The first-order valence-corrected chi connectivity index (χ1v) is 27.7. The standard InChI is InChI=1S/C51H102NO8P/c1-6-8-10-12-14-15-16-17-18-19-20-21-22-23-24-25-26-27-28-29-30-31-32-33-34-35-36-37-38-40-42-44-51(54)60-49(47-57-50(53)43-41-39-13-11-9-7-2)48-59-61(55,56)58-46-45-52(3,4)5/h49H,6-48H2,1-5H3. The fraction of sp³-hybridized carbons (Fsp3) is 0.961. The summed E-state index contributed by atoms with van der Waals surface area (Å²) >= 11 is 0. The predicted molar refractivity (Wildman–Crippen MR) is 255 cm³/mol. The first-order chi connectivity index (χ1) is 29.5. The molecule has 364 valence electrons. The Labute approximate surface area is 378 Å². The van der Waals surface area contributed by atoms with Crippen molar-refractivity contribution in [3.63, 3.8) is 0 Å². The van der Waals surface area contributed by atoms with E-state index in [9.17, 15) is 19.0 Å². The van der Waals surface area contributed by atoms with E-state index in [0.29, 0.717) is 17.4 Å². The van der Waals surface area contributed by atoms with Crippen LogP contribution < -0.4 is 4.89 Å². The maximum absolute atomic E-state index is 12.7. The Morgan fingerprint density at radius 2 is 0.738 bits per heavy atom. The molecule has 0 bridgehead atoms. The van der Waals surface area contributed by atoms with E-state index in [0.717, 1.165) is 38.5 Å². The van der Waals surface area contributed by atoms with Crippen LogP contribution in [0.2, 0.25) is 0 Å². The summed E-state index contributed by atoms with van der Waals surface area (Å²) in [5.41, 5.74) is 0. The van der Waals surface area contributed by atoms with Crippen molar-refractivity contribution in [1.29, 1.82) is 0 Å². The van der Waals surface area contributed by atoms with Gasteiger partial charge in [0.05, 0.1) is 27.7 Å². The maximum Gasteiger partial charge on any atom is 0.306 e. The van der Waals surface area contributed by atoms with E-state index in [2.05, 4.69) is 13.8 Å². The summed E-state index contributed by atoms with van der Waals surface area (Å²) in [5, 5.41) is 0. The molecule has 0 aliphatic heterocycles. The number of nitrogens with zero attached hydrogens (tertiary/aromatic N) is 1. The molecule has 10 heteroatoms. The zero-order chi connectivity index (χ0) is 45.0. The highest BCUT2D eigenvalue weighted by Gasteiger charge is 2.21. The largest absolute Gasteiger partial charge is 0.756 e. The van der Waals surface area contributed by atoms with E-state index in [4.69, 9.17) is 18.5 Å². The molecule has 0 aromatic rings. The van der Waals surface area contributed by atoms with Gasteiger partial charge in [-0.05, 0) is 12.8 Å². The second kappa shape index (κ2) is 44.2. The van der Waals surface area contributed by atoms with Crippen molar-refractivity contribution < 1.29 is 42.1 Å². The summed E-state index contributed by atoms with van der Waals surface area (Å²) in [6, 6.07) is 0. The summed E-state index contributed by atoms with van der Waals surface area (Å²) in [6.45, 7) is 4.20.